The monoisotopic (exact) mass is 296 g/mol. The van der Waals surface area contributed by atoms with Crippen molar-refractivity contribution >= 4 is 0 Å². The maximum absolute atomic E-state index is 6.39. The minimum absolute atomic E-state index is 0.220. The second-order valence-corrected chi connectivity index (χ2v) is 6.19. The zero-order valence-electron chi connectivity index (χ0n) is 13.8. The first kappa shape index (κ1) is 16.7. The van der Waals surface area contributed by atoms with Gasteiger partial charge in [-0.25, -0.2) is 0 Å². The van der Waals surface area contributed by atoms with Gasteiger partial charge in [0.05, 0.1) is 0 Å². The summed E-state index contributed by atoms with van der Waals surface area (Å²) in [5.74, 6) is 0.550. The van der Waals surface area contributed by atoms with Crippen molar-refractivity contribution in [1.82, 2.24) is 4.90 Å². The summed E-state index contributed by atoms with van der Waals surface area (Å²) in [5, 5.41) is 0. The fraction of sp³-hybridized carbons (Fsp3) is 0.400. The Kier molecular flexibility index (Phi) is 6.63. The third kappa shape index (κ3) is 5.28. The molecule has 118 valence electrons. The maximum Gasteiger partial charge on any atom is 0.0237 e. The van der Waals surface area contributed by atoms with Crippen molar-refractivity contribution in [3.8, 4) is 0 Å². The normalized spacial score (nSPS) is 14.0. The summed E-state index contributed by atoms with van der Waals surface area (Å²) in [6.07, 6.45) is 1.13. The number of hydrogen-bond donors (Lipinski definition) is 1. The van der Waals surface area contributed by atoms with Crippen molar-refractivity contribution in [3.63, 3.8) is 0 Å². The van der Waals surface area contributed by atoms with Gasteiger partial charge in [-0.05, 0) is 17.0 Å². The molecule has 2 heteroatoms. The van der Waals surface area contributed by atoms with Gasteiger partial charge >= 0.3 is 0 Å². The van der Waals surface area contributed by atoms with Crippen molar-refractivity contribution in [3.05, 3.63) is 71.8 Å². The predicted molar refractivity (Wildman–Crippen MR) is 94.4 cm³/mol. The molecule has 0 aliphatic rings. The summed E-state index contributed by atoms with van der Waals surface area (Å²) in [5.41, 5.74) is 9.08. The van der Waals surface area contributed by atoms with Crippen LogP contribution in [-0.2, 0) is 13.1 Å². The molecule has 2 nitrogen and oxygen atoms in total. The summed E-state index contributed by atoms with van der Waals surface area (Å²) in [6, 6.07) is 21.5. The van der Waals surface area contributed by atoms with Gasteiger partial charge in [0.25, 0.3) is 0 Å². The molecule has 0 saturated heterocycles. The molecule has 0 aliphatic carbocycles. The number of nitrogens with zero attached hydrogens (tertiary/aromatic N) is 1. The Morgan fingerprint density at radius 3 is 1.73 bits per heavy atom. The van der Waals surface area contributed by atoms with Crippen molar-refractivity contribution in [2.45, 2.75) is 39.4 Å². The zero-order valence-corrected chi connectivity index (χ0v) is 13.8. The lowest BCUT2D eigenvalue weighted by molar-refractivity contribution is 0.216. The fourth-order valence-electron chi connectivity index (χ4n) is 2.65. The summed E-state index contributed by atoms with van der Waals surface area (Å²) in [4.78, 5) is 2.46. The van der Waals surface area contributed by atoms with Gasteiger partial charge in [0.2, 0.25) is 0 Å². The van der Waals surface area contributed by atoms with Crippen LogP contribution in [0.4, 0.5) is 0 Å². The van der Waals surface area contributed by atoms with E-state index in [1.54, 1.807) is 0 Å². The highest BCUT2D eigenvalue weighted by Gasteiger charge is 2.16. The van der Waals surface area contributed by atoms with Gasteiger partial charge in [-0.2, -0.15) is 0 Å². The van der Waals surface area contributed by atoms with E-state index >= 15 is 0 Å². The van der Waals surface area contributed by atoms with Crippen LogP contribution in [0.2, 0.25) is 0 Å². The smallest absolute Gasteiger partial charge is 0.0237 e. The van der Waals surface area contributed by atoms with Crippen LogP contribution in [0.1, 0.15) is 31.4 Å². The Morgan fingerprint density at radius 2 is 1.32 bits per heavy atom. The predicted octanol–water partition coefficient (Wildman–Crippen LogP) is 4.06. The second kappa shape index (κ2) is 8.72. The molecule has 0 bridgehead atoms. The van der Waals surface area contributed by atoms with Crippen LogP contribution in [-0.4, -0.2) is 17.5 Å². The molecule has 0 amide bonds. The molecule has 2 atom stereocenters. The molecular formula is C20H28N2. The highest BCUT2D eigenvalue weighted by Crippen LogP contribution is 2.13. The van der Waals surface area contributed by atoms with Crippen LogP contribution in [0.5, 0.6) is 0 Å². The van der Waals surface area contributed by atoms with Crippen LogP contribution in [0.3, 0.4) is 0 Å². The highest BCUT2D eigenvalue weighted by molar-refractivity contribution is 5.17. The molecule has 0 aliphatic heterocycles. The van der Waals surface area contributed by atoms with Crippen molar-refractivity contribution in [2.24, 2.45) is 11.7 Å². The Balaban J connectivity index is 2.06. The molecule has 2 N–H and O–H groups in total. The zero-order chi connectivity index (χ0) is 15.8. The molecular weight excluding hydrogens is 268 g/mol. The first-order chi connectivity index (χ1) is 10.7. The average molecular weight is 296 g/mol. The van der Waals surface area contributed by atoms with E-state index in [2.05, 4.69) is 79.4 Å². The highest BCUT2D eigenvalue weighted by atomic mass is 15.1. The molecule has 22 heavy (non-hydrogen) atoms. The lowest BCUT2D eigenvalue weighted by atomic mass is 9.99. The Hall–Kier alpha value is -1.64. The first-order valence-corrected chi connectivity index (χ1v) is 8.24. The van der Waals surface area contributed by atoms with Crippen LogP contribution >= 0.6 is 0 Å². The van der Waals surface area contributed by atoms with Gasteiger partial charge in [0, 0.05) is 25.7 Å². The third-order valence-corrected chi connectivity index (χ3v) is 4.34. The largest absolute Gasteiger partial charge is 0.326 e. The van der Waals surface area contributed by atoms with Gasteiger partial charge in [-0.15, -0.1) is 0 Å². The van der Waals surface area contributed by atoms with E-state index in [0.717, 1.165) is 26.1 Å². The van der Waals surface area contributed by atoms with Gasteiger partial charge in [-0.3, -0.25) is 4.90 Å². The van der Waals surface area contributed by atoms with Gasteiger partial charge in [0.15, 0.2) is 0 Å². The average Bonchev–Trinajstić information content (AvgIpc) is 2.55. The summed E-state index contributed by atoms with van der Waals surface area (Å²) in [6.45, 7) is 7.27. The van der Waals surface area contributed by atoms with E-state index in [-0.39, 0.29) is 6.04 Å². The van der Waals surface area contributed by atoms with Crippen LogP contribution in [0.15, 0.2) is 60.7 Å². The van der Waals surface area contributed by atoms with E-state index in [1.807, 2.05) is 0 Å². The molecule has 0 heterocycles. The van der Waals surface area contributed by atoms with Gasteiger partial charge < -0.3 is 5.73 Å². The summed E-state index contributed by atoms with van der Waals surface area (Å²) < 4.78 is 0. The molecule has 2 aromatic carbocycles. The topological polar surface area (TPSA) is 29.3 Å². The van der Waals surface area contributed by atoms with Crippen LogP contribution in [0, 0.1) is 5.92 Å². The molecule has 1 unspecified atom stereocenters. The van der Waals surface area contributed by atoms with E-state index in [9.17, 15) is 0 Å². The second-order valence-electron chi connectivity index (χ2n) is 6.19. The van der Waals surface area contributed by atoms with Crippen molar-refractivity contribution in [2.75, 3.05) is 6.54 Å². The molecule has 2 rings (SSSR count). The molecule has 0 radical (unpaired) electrons. The van der Waals surface area contributed by atoms with Crippen molar-refractivity contribution < 1.29 is 0 Å². The molecule has 0 saturated carbocycles. The molecule has 2 aromatic rings. The minimum Gasteiger partial charge on any atom is -0.326 e. The number of nitrogens with two attached hydrogens (primary N) is 1. The Bertz CT molecular complexity index is 482. The quantitative estimate of drug-likeness (QED) is 0.796. The Morgan fingerprint density at radius 1 is 0.864 bits per heavy atom. The number of rotatable bonds is 8. The van der Waals surface area contributed by atoms with Crippen molar-refractivity contribution in [1.29, 1.82) is 0 Å². The number of benzene rings is 2. The van der Waals surface area contributed by atoms with Crippen LogP contribution < -0.4 is 5.73 Å². The molecule has 0 fully saturated rings. The number of hydrogen-bond acceptors (Lipinski definition) is 2. The van der Waals surface area contributed by atoms with E-state index in [1.165, 1.54) is 11.1 Å². The third-order valence-electron chi connectivity index (χ3n) is 4.34. The fourth-order valence-corrected chi connectivity index (χ4v) is 2.65. The Labute approximate surface area is 135 Å². The van der Waals surface area contributed by atoms with Gasteiger partial charge in [-0.1, -0.05) is 80.9 Å². The minimum atomic E-state index is 0.220. The lowest BCUT2D eigenvalue weighted by Gasteiger charge is -2.28. The summed E-state index contributed by atoms with van der Waals surface area (Å²) >= 11 is 0. The lowest BCUT2D eigenvalue weighted by Crippen LogP contribution is -2.40. The van der Waals surface area contributed by atoms with Crippen LogP contribution in [0.25, 0.3) is 0 Å². The molecule has 0 aromatic heterocycles. The maximum atomic E-state index is 6.39. The van der Waals surface area contributed by atoms with E-state index in [4.69, 9.17) is 5.73 Å². The molecule has 0 spiro atoms. The first-order valence-electron chi connectivity index (χ1n) is 8.24. The SMILES string of the molecule is CCC(C)[C@H](N)CN(Cc1ccccc1)Cc1ccccc1. The van der Waals surface area contributed by atoms with E-state index < -0.39 is 0 Å². The van der Waals surface area contributed by atoms with Gasteiger partial charge in [0.1, 0.15) is 0 Å². The van der Waals surface area contributed by atoms with E-state index in [0.29, 0.717) is 5.92 Å². The standard InChI is InChI=1S/C20H28N2/c1-3-17(2)20(21)16-22(14-18-10-6-4-7-11-18)15-19-12-8-5-9-13-19/h4-13,17,20H,3,14-16,21H2,1-2H3/t17?,20-/m1/s1. The summed E-state index contributed by atoms with van der Waals surface area (Å²) in [7, 11) is 0.